The molecule has 16 heavy (non-hydrogen) atoms. The molecule has 2 aromatic rings. The zero-order chi connectivity index (χ0) is 11.5. The van der Waals surface area contributed by atoms with Gasteiger partial charge in [0.2, 0.25) is 0 Å². The van der Waals surface area contributed by atoms with Crippen LogP contribution in [0, 0.1) is 0 Å². The summed E-state index contributed by atoms with van der Waals surface area (Å²) in [4.78, 5) is 0. The normalized spacial score (nSPS) is 10.7. The van der Waals surface area contributed by atoms with Gasteiger partial charge in [-0.05, 0) is 22.3 Å². The third-order valence-corrected chi connectivity index (χ3v) is 3.23. The molecule has 0 aliphatic rings. The van der Waals surface area contributed by atoms with E-state index in [9.17, 15) is 0 Å². The first-order valence-electron chi connectivity index (χ1n) is 5.00. The van der Waals surface area contributed by atoms with Gasteiger partial charge in [-0.3, -0.25) is 0 Å². The molecule has 2 nitrogen and oxygen atoms in total. The molecule has 0 saturated heterocycles. The first-order chi connectivity index (χ1) is 7.77. The summed E-state index contributed by atoms with van der Waals surface area (Å²) < 4.78 is 11.7. The average Bonchev–Trinajstić information content (AvgIpc) is 2.31. The molecule has 0 aliphatic heterocycles. The molecule has 2 aromatic carbocycles. The average molecular weight is 279 g/mol. The molecule has 0 radical (unpaired) electrons. The van der Waals surface area contributed by atoms with E-state index < -0.39 is 0 Å². The standard InChI is InChI=1S/C12H12BBrO2/c1-15-13(16-2)10-7-3-5-9-6-4-8-11(14)12(9)10/h3-8H,1-2H3. The van der Waals surface area contributed by atoms with Gasteiger partial charge in [-0.15, -0.1) is 0 Å². The van der Waals surface area contributed by atoms with Crippen molar-refractivity contribution in [3.8, 4) is 0 Å². The maximum absolute atomic E-state index is 5.31. The lowest BCUT2D eigenvalue weighted by Crippen LogP contribution is -2.35. The van der Waals surface area contributed by atoms with Crippen molar-refractivity contribution in [2.45, 2.75) is 0 Å². The van der Waals surface area contributed by atoms with Crippen LogP contribution in [-0.4, -0.2) is 21.3 Å². The van der Waals surface area contributed by atoms with Crippen molar-refractivity contribution < 1.29 is 9.31 Å². The predicted octanol–water partition coefficient (Wildman–Crippen LogP) is 2.59. The Balaban J connectivity index is 2.69. The minimum absolute atomic E-state index is 0.331. The van der Waals surface area contributed by atoms with Crippen molar-refractivity contribution in [2.24, 2.45) is 0 Å². The molecule has 0 aliphatic carbocycles. The molecular weight excluding hydrogens is 267 g/mol. The van der Waals surface area contributed by atoms with Crippen LogP contribution in [0.15, 0.2) is 40.9 Å². The lowest BCUT2D eigenvalue weighted by Gasteiger charge is -2.12. The Morgan fingerprint density at radius 1 is 1.00 bits per heavy atom. The van der Waals surface area contributed by atoms with E-state index in [0.29, 0.717) is 0 Å². The number of fused-ring (bicyclic) bond motifs is 1. The van der Waals surface area contributed by atoms with E-state index in [1.54, 1.807) is 14.2 Å². The van der Waals surface area contributed by atoms with E-state index in [0.717, 1.165) is 15.3 Å². The largest absolute Gasteiger partial charge is 0.494 e. The first kappa shape index (κ1) is 11.6. The fourth-order valence-electron chi connectivity index (χ4n) is 1.87. The predicted molar refractivity (Wildman–Crippen MR) is 71.1 cm³/mol. The Kier molecular flexibility index (Phi) is 3.64. The molecule has 4 heteroatoms. The second-order valence-electron chi connectivity index (χ2n) is 3.49. The van der Waals surface area contributed by atoms with E-state index in [1.165, 1.54) is 5.39 Å². The molecule has 0 atom stereocenters. The minimum Gasteiger partial charge on any atom is -0.410 e. The summed E-state index contributed by atoms with van der Waals surface area (Å²) in [6, 6.07) is 12.2. The summed E-state index contributed by atoms with van der Waals surface area (Å²) in [6.07, 6.45) is 0. The van der Waals surface area contributed by atoms with E-state index >= 15 is 0 Å². The van der Waals surface area contributed by atoms with Crippen LogP contribution in [0.3, 0.4) is 0 Å². The van der Waals surface area contributed by atoms with Crippen LogP contribution in [0.2, 0.25) is 0 Å². The van der Waals surface area contributed by atoms with E-state index in [4.69, 9.17) is 9.31 Å². The minimum atomic E-state index is -0.331. The lowest BCUT2D eigenvalue weighted by molar-refractivity contribution is 0.292. The molecule has 0 saturated carbocycles. The van der Waals surface area contributed by atoms with Crippen molar-refractivity contribution in [1.29, 1.82) is 0 Å². The number of hydrogen-bond acceptors (Lipinski definition) is 2. The summed E-state index contributed by atoms with van der Waals surface area (Å²) in [5, 5.41) is 2.31. The summed E-state index contributed by atoms with van der Waals surface area (Å²) in [5.74, 6) is 0. The van der Waals surface area contributed by atoms with Crippen LogP contribution in [0.25, 0.3) is 10.8 Å². The summed E-state index contributed by atoms with van der Waals surface area (Å²) in [7, 11) is 2.95. The fourth-order valence-corrected chi connectivity index (χ4v) is 2.48. The van der Waals surface area contributed by atoms with Crippen molar-refractivity contribution >= 4 is 39.3 Å². The molecule has 0 unspecified atom stereocenters. The van der Waals surface area contributed by atoms with Gasteiger partial charge in [0.1, 0.15) is 0 Å². The van der Waals surface area contributed by atoms with Crippen LogP contribution in [-0.2, 0) is 9.31 Å². The molecule has 0 amide bonds. The van der Waals surface area contributed by atoms with E-state index in [1.807, 2.05) is 24.3 Å². The van der Waals surface area contributed by atoms with Gasteiger partial charge in [0.15, 0.2) is 0 Å². The molecule has 0 heterocycles. The molecule has 0 aromatic heterocycles. The van der Waals surface area contributed by atoms with Crippen LogP contribution >= 0.6 is 15.9 Å². The van der Waals surface area contributed by atoms with Gasteiger partial charge in [-0.1, -0.05) is 46.3 Å². The molecule has 82 valence electrons. The van der Waals surface area contributed by atoms with Crippen LogP contribution < -0.4 is 5.46 Å². The molecule has 2 rings (SSSR count). The van der Waals surface area contributed by atoms with Gasteiger partial charge < -0.3 is 9.31 Å². The lowest BCUT2D eigenvalue weighted by atomic mass is 9.76. The van der Waals surface area contributed by atoms with Crippen LogP contribution in [0.5, 0.6) is 0 Å². The van der Waals surface area contributed by atoms with Gasteiger partial charge >= 0.3 is 7.12 Å². The maximum atomic E-state index is 5.31. The smallest absolute Gasteiger partial charge is 0.410 e. The second-order valence-corrected chi connectivity index (χ2v) is 4.34. The molecule has 0 N–H and O–H groups in total. The number of benzene rings is 2. The Morgan fingerprint density at radius 2 is 1.62 bits per heavy atom. The highest BCUT2D eigenvalue weighted by molar-refractivity contribution is 9.10. The Bertz CT molecular complexity index is 492. The summed E-state index contributed by atoms with van der Waals surface area (Å²) >= 11 is 3.56. The first-order valence-corrected chi connectivity index (χ1v) is 5.80. The quantitative estimate of drug-likeness (QED) is 0.804. The summed E-state index contributed by atoms with van der Waals surface area (Å²) in [5.41, 5.74) is 1.04. The highest BCUT2D eigenvalue weighted by Crippen LogP contribution is 2.22. The van der Waals surface area contributed by atoms with E-state index in [2.05, 4.69) is 28.1 Å². The molecule has 0 fully saturated rings. The highest BCUT2D eigenvalue weighted by Gasteiger charge is 2.21. The van der Waals surface area contributed by atoms with Crippen molar-refractivity contribution in [3.05, 3.63) is 40.9 Å². The highest BCUT2D eigenvalue weighted by atomic mass is 79.9. The third-order valence-electron chi connectivity index (χ3n) is 2.57. The molecular formula is C12H12BBrO2. The monoisotopic (exact) mass is 278 g/mol. The zero-order valence-electron chi connectivity index (χ0n) is 9.24. The number of rotatable bonds is 3. The van der Waals surface area contributed by atoms with Gasteiger partial charge in [-0.25, -0.2) is 0 Å². The van der Waals surface area contributed by atoms with E-state index in [-0.39, 0.29) is 7.12 Å². The molecule has 0 bridgehead atoms. The van der Waals surface area contributed by atoms with Gasteiger partial charge in [-0.2, -0.15) is 0 Å². The van der Waals surface area contributed by atoms with Crippen molar-refractivity contribution in [1.82, 2.24) is 0 Å². The fraction of sp³-hybridized carbons (Fsp3) is 0.167. The van der Waals surface area contributed by atoms with Crippen LogP contribution in [0.4, 0.5) is 0 Å². The number of halogens is 1. The Hall–Kier alpha value is -0.835. The number of hydrogen-bond donors (Lipinski definition) is 0. The Labute approximate surface area is 104 Å². The zero-order valence-corrected chi connectivity index (χ0v) is 10.8. The molecule has 0 spiro atoms. The second kappa shape index (κ2) is 5.00. The van der Waals surface area contributed by atoms with Crippen LogP contribution in [0.1, 0.15) is 0 Å². The SMILES string of the molecule is COB(OC)c1cccc2cccc(Br)c12. The van der Waals surface area contributed by atoms with Gasteiger partial charge in [0.05, 0.1) is 0 Å². The maximum Gasteiger partial charge on any atom is 0.494 e. The van der Waals surface area contributed by atoms with Crippen molar-refractivity contribution in [3.63, 3.8) is 0 Å². The van der Waals surface area contributed by atoms with Crippen molar-refractivity contribution in [2.75, 3.05) is 14.2 Å². The summed E-state index contributed by atoms with van der Waals surface area (Å²) in [6.45, 7) is 0. The third kappa shape index (κ3) is 2.01. The van der Waals surface area contributed by atoms with Gasteiger partial charge in [0.25, 0.3) is 0 Å². The topological polar surface area (TPSA) is 18.5 Å². The Morgan fingerprint density at radius 3 is 2.25 bits per heavy atom. The van der Waals surface area contributed by atoms with Gasteiger partial charge in [0, 0.05) is 18.7 Å².